The molecule has 0 spiro atoms. The molecule has 3 rings (SSSR count). The van der Waals surface area contributed by atoms with Gasteiger partial charge >= 0.3 is 0 Å². The van der Waals surface area contributed by atoms with E-state index in [0.717, 1.165) is 25.2 Å². The van der Waals surface area contributed by atoms with E-state index in [9.17, 15) is 4.79 Å². The maximum Gasteiger partial charge on any atom is 0.223 e. The Balaban J connectivity index is 1.56. The van der Waals surface area contributed by atoms with Gasteiger partial charge in [0.15, 0.2) is 0 Å². The fourth-order valence-corrected chi connectivity index (χ4v) is 4.62. The molecule has 0 heterocycles. The van der Waals surface area contributed by atoms with Crippen LogP contribution in [-0.4, -0.2) is 17.3 Å². The molecule has 0 saturated heterocycles. The average Bonchev–Trinajstić information content (AvgIpc) is 2.93. The van der Waals surface area contributed by atoms with Crippen LogP contribution >= 0.6 is 11.6 Å². The molecular weight excluding hydrogens is 246 g/mol. The molecule has 1 N–H and O–H groups in total. The number of nitrogens with one attached hydrogen (secondary N) is 1. The van der Waals surface area contributed by atoms with Crippen molar-refractivity contribution in [3.05, 3.63) is 0 Å². The molecule has 2 nitrogen and oxygen atoms in total. The van der Waals surface area contributed by atoms with Crippen LogP contribution in [0.5, 0.6) is 0 Å². The first-order valence-corrected chi connectivity index (χ1v) is 8.12. The van der Waals surface area contributed by atoms with E-state index in [1.807, 2.05) is 0 Å². The smallest absolute Gasteiger partial charge is 0.223 e. The SMILES string of the molecule is O=C(NC1CCCCCC1Cl)C1CC2CCC1C2. The molecule has 3 heteroatoms. The van der Waals surface area contributed by atoms with Crippen molar-refractivity contribution < 1.29 is 4.79 Å². The van der Waals surface area contributed by atoms with Gasteiger partial charge in [0.1, 0.15) is 0 Å². The highest BCUT2D eigenvalue weighted by Gasteiger charge is 2.43. The number of hydrogen-bond donors (Lipinski definition) is 1. The lowest BCUT2D eigenvalue weighted by Crippen LogP contribution is -2.44. The third kappa shape index (κ3) is 2.54. The summed E-state index contributed by atoms with van der Waals surface area (Å²) in [5, 5.41) is 3.41. The molecule has 1 amide bonds. The molecule has 0 aromatic carbocycles. The Morgan fingerprint density at radius 2 is 1.83 bits per heavy atom. The Morgan fingerprint density at radius 1 is 1.00 bits per heavy atom. The van der Waals surface area contributed by atoms with Crippen LogP contribution in [0.15, 0.2) is 0 Å². The topological polar surface area (TPSA) is 29.1 Å². The van der Waals surface area contributed by atoms with Gasteiger partial charge in [-0.15, -0.1) is 11.6 Å². The number of carbonyl (C=O) groups excluding carboxylic acids is 1. The summed E-state index contributed by atoms with van der Waals surface area (Å²) in [6.45, 7) is 0. The van der Waals surface area contributed by atoms with Crippen molar-refractivity contribution >= 4 is 17.5 Å². The van der Waals surface area contributed by atoms with E-state index in [4.69, 9.17) is 11.6 Å². The Bertz CT molecular complexity index is 320. The molecule has 0 aromatic heterocycles. The van der Waals surface area contributed by atoms with Gasteiger partial charge in [0.2, 0.25) is 5.91 Å². The second-order valence-corrected chi connectivity index (χ2v) is 7.11. The first-order chi connectivity index (χ1) is 8.74. The molecule has 0 radical (unpaired) electrons. The van der Waals surface area contributed by atoms with Crippen molar-refractivity contribution in [2.45, 2.75) is 69.2 Å². The Labute approximate surface area is 115 Å². The van der Waals surface area contributed by atoms with Crippen molar-refractivity contribution in [1.29, 1.82) is 0 Å². The van der Waals surface area contributed by atoms with Gasteiger partial charge in [0, 0.05) is 12.0 Å². The zero-order valence-corrected chi connectivity index (χ0v) is 11.8. The highest BCUT2D eigenvalue weighted by Crippen LogP contribution is 2.48. The van der Waals surface area contributed by atoms with Crippen molar-refractivity contribution in [2.24, 2.45) is 17.8 Å². The number of halogens is 1. The minimum atomic E-state index is 0.148. The predicted molar refractivity (Wildman–Crippen MR) is 73.6 cm³/mol. The molecule has 3 aliphatic rings. The summed E-state index contributed by atoms with van der Waals surface area (Å²) in [6.07, 6.45) is 10.9. The summed E-state index contributed by atoms with van der Waals surface area (Å²) in [4.78, 5) is 12.4. The van der Waals surface area contributed by atoms with Gasteiger partial charge in [0.25, 0.3) is 0 Å². The number of rotatable bonds is 2. The molecular formula is C15H24ClNO. The first kappa shape index (κ1) is 12.8. The van der Waals surface area contributed by atoms with Crippen molar-refractivity contribution in [3.8, 4) is 0 Å². The monoisotopic (exact) mass is 269 g/mol. The quantitative estimate of drug-likeness (QED) is 0.604. The predicted octanol–water partition coefficient (Wildman–Crippen LogP) is 3.48. The van der Waals surface area contributed by atoms with Gasteiger partial charge in [-0.25, -0.2) is 0 Å². The third-order valence-corrected chi connectivity index (χ3v) is 5.86. The van der Waals surface area contributed by atoms with E-state index in [1.165, 1.54) is 38.5 Å². The van der Waals surface area contributed by atoms with Crippen LogP contribution < -0.4 is 5.32 Å². The number of hydrogen-bond acceptors (Lipinski definition) is 1. The lowest BCUT2D eigenvalue weighted by molar-refractivity contribution is -0.127. The van der Waals surface area contributed by atoms with Crippen molar-refractivity contribution in [2.75, 3.05) is 0 Å². The zero-order chi connectivity index (χ0) is 12.5. The van der Waals surface area contributed by atoms with Gasteiger partial charge in [-0.1, -0.05) is 25.7 Å². The fraction of sp³-hybridized carbons (Fsp3) is 0.933. The first-order valence-electron chi connectivity index (χ1n) is 7.68. The average molecular weight is 270 g/mol. The molecule has 18 heavy (non-hydrogen) atoms. The standard InChI is InChI=1S/C15H24ClNO/c16-13-4-2-1-3-5-14(13)17-15(18)12-9-10-6-7-11(12)8-10/h10-14H,1-9H2,(H,17,18). The zero-order valence-electron chi connectivity index (χ0n) is 11.0. The van der Waals surface area contributed by atoms with E-state index >= 15 is 0 Å². The van der Waals surface area contributed by atoms with Gasteiger partial charge in [-0.3, -0.25) is 4.79 Å². The molecule has 3 fully saturated rings. The van der Waals surface area contributed by atoms with Crippen LogP contribution in [0.2, 0.25) is 0 Å². The fourth-order valence-electron chi connectivity index (χ4n) is 4.28. The van der Waals surface area contributed by atoms with Crippen LogP contribution in [0.25, 0.3) is 0 Å². The van der Waals surface area contributed by atoms with Gasteiger partial charge in [-0.2, -0.15) is 0 Å². The molecule has 102 valence electrons. The summed E-state index contributed by atoms with van der Waals surface area (Å²) < 4.78 is 0. The van der Waals surface area contributed by atoms with E-state index in [0.29, 0.717) is 17.7 Å². The summed E-state index contributed by atoms with van der Waals surface area (Å²) in [6, 6.07) is 0.223. The van der Waals surface area contributed by atoms with Crippen LogP contribution in [0.4, 0.5) is 0 Å². The molecule has 0 aromatic rings. The Hall–Kier alpha value is -0.240. The highest BCUT2D eigenvalue weighted by atomic mass is 35.5. The van der Waals surface area contributed by atoms with Crippen LogP contribution in [0.3, 0.4) is 0 Å². The lowest BCUT2D eigenvalue weighted by atomic mass is 9.88. The van der Waals surface area contributed by atoms with Crippen LogP contribution in [0, 0.1) is 17.8 Å². The summed E-state index contributed by atoms with van der Waals surface area (Å²) >= 11 is 6.40. The lowest BCUT2D eigenvalue weighted by Gasteiger charge is -2.26. The van der Waals surface area contributed by atoms with E-state index in [-0.39, 0.29) is 11.4 Å². The summed E-state index contributed by atoms with van der Waals surface area (Å²) in [5.41, 5.74) is 0. The van der Waals surface area contributed by atoms with Crippen LogP contribution in [0.1, 0.15) is 57.8 Å². The Morgan fingerprint density at radius 3 is 2.56 bits per heavy atom. The second kappa shape index (κ2) is 5.40. The third-order valence-electron chi connectivity index (χ3n) is 5.33. The minimum Gasteiger partial charge on any atom is -0.352 e. The number of alkyl halides is 1. The molecule has 3 aliphatic carbocycles. The number of fused-ring (bicyclic) bond motifs is 2. The Kier molecular flexibility index (Phi) is 3.83. The highest BCUT2D eigenvalue weighted by molar-refractivity contribution is 6.21. The van der Waals surface area contributed by atoms with Crippen molar-refractivity contribution in [3.63, 3.8) is 0 Å². The van der Waals surface area contributed by atoms with Gasteiger partial charge < -0.3 is 5.32 Å². The van der Waals surface area contributed by atoms with E-state index < -0.39 is 0 Å². The largest absolute Gasteiger partial charge is 0.352 e. The van der Waals surface area contributed by atoms with Gasteiger partial charge in [0.05, 0.1) is 5.38 Å². The molecule has 5 atom stereocenters. The minimum absolute atomic E-state index is 0.148. The van der Waals surface area contributed by atoms with E-state index in [2.05, 4.69) is 5.32 Å². The maximum atomic E-state index is 12.4. The maximum absolute atomic E-state index is 12.4. The molecule has 2 bridgehead atoms. The van der Waals surface area contributed by atoms with E-state index in [1.54, 1.807) is 0 Å². The number of amides is 1. The molecule has 0 aliphatic heterocycles. The number of carbonyl (C=O) groups is 1. The van der Waals surface area contributed by atoms with Gasteiger partial charge in [-0.05, 0) is 43.9 Å². The normalized spacial score (nSPS) is 43.7. The summed E-state index contributed by atoms with van der Waals surface area (Å²) in [5.74, 6) is 2.12. The van der Waals surface area contributed by atoms with Crippen LogP contribution in [-0.2, 0) is 4.79 Å². The molecule has 3 saturated carbocycles. The second-order valence-electron chi connectivity index (χ2n) is 6.55. The summed E-state index contributed by atoms with van der Waals surface area (Å²) in [7, 11) is 0. The van der Waals surface area contributed by atoms with Crippen molar-refractivity contribution in [1.82, 2.24) is 5.32 Å². The molecule has 5 unspecified atom stereocenters.